The molecule has 1 aromatic rings. The number of nitrogens with two attached hydrogens (primary N) is 1. The number of pyridine rings is 1. The molecule has 1 aromatic heterocycles. The number of nitrogens with one attached hydrogen (secondary N) is 1. The van der Waals surface area contributed by atoms with Crippen LogP contribution in [0.15, 0.2) is 23.2 Å². The van der Waals surface area contributed by atoms with Crippen LogP contribution in [0.4, 0.5) is 5.82 Å². The first kappa shape index (κ1) is 15.2. The molecule has 3 N–H and O–H groups in total. The number of hydrogen-bond donors (Lipinski definition) is 2. The van der Waals surface area contributed by atoms with Gasteiger partial charge in [0.1, 0.15) is 5.82 Å². The van der Waals surface area contributed by atoms with E-state index in [1.165, 1.54) is 18.3 Å². The Morgan fingerprint density at radius 3 is 2.95 bits per heavy atom. The quantitative estimate of drug-likeness (QED) is 0.591. The van der Waals surface area contributed by atoms with E-state index in [0.29, 0.717) is 12.4 Å². The number of aromatic nitrogens is 1. The van der Waals surface area contributed by atoms with Crippen molar-refractivity contribution in [2.75, 3.05) is 32.6 Å². The molecule has 8 heteroatoms. The molecule has 0 bridgehead atoms. The minimum atomic E-state index is -3.49. The molecule has 112 valence electrons. The van der Waals surface area contributed by atoms with E-state index in [1.54, 1.807) is 4.31 Å². The average Bonchev–Trinajstić information content (AvgIpc) is 2.86. The number of hydrogen-bond acceptors (Lipinski definition) is 6. The van der Waals surface area contributed by atoms with Gasteiger partial charge in [0.05, 0.1) is 4.90 Å². The first-order valence-electron chi connectivity index (χ1n) is 6.54. The summed E-state index contributed by atoms with van der Waals surface area (Å²) in [7, 11) is 0.406. The lowest BCUT2D eigenvalue weighted by Crippen LogP contribution is -2.41. The van der Waals surface area contributed by atoms with Gasteiger partial charge in [0.15, 0.2) is 0 Å². The molecule has 1 fully saturated rings. The molecule has 1 atom stereocenters. The maximum absolute atomic E-state index is 12.7. The average molecular weight is 299 g/mol. The van der Waals surface area contributed by atoms with E-state index in [2.05, 4.69) is 10.4 Å². The van der Waals surface area contributed by atoms with Gasteiger partial charge in [-0.1, -0.05) is 0 Å². The first-order valence-corrected chi connectivity index (χ1v) is 7.98. The first-order chi connectivity index (χ1) is 9.45. The molecule has 2 rings (SSSR count). The van der Waals surface area contributed by atoms with Gasteiger partial charge in [-0.15, -0.1) is 0 Å². The summed E-state index contributed by atoms with van der Waals surface area (Å²) in [6, 6.07) is 2.99. The summed E-state index contributed by atoms with van der Waals surface area (Å²) in [5.41, 5.74) is 2.37. The van der Waals surface area contributed by atoms with Crippen molar-refractivity contribution in [2.45, 2.75) is 23.8 Å². The summed E-state index contributed by atoms with van der Waals surface area (Å²) < 4.78 is 27.0. The molecule has 0 saturated carbocycles. The Morgan fingerprint density at radius 2 is 2.30 bits per heavy atom. The number of hydrazine groups is 1. The van der Waals surface area contributed by atoms with Crippen molar-refractivity contribution in [1.82, 2.24) is 14.2 Å². The second-order valence-electron chi connectivity index (χ2n) is 5.20. The Morgan fingerprint density at radius 1 is 1.55 bits per heavy atom. The molecule has 1 unspecified atom stereocenters. The third-order valence-electron chi connectivity index (χ3n) is 3.38. The van der Waals surface area contributed by atoms with Gasteiger partial charge in [-0.3, -0.25) is 0 Å². The topological polar surface area (TPSA) is 91.6 Å². The minimum Gasteiger partial charge on any atom is -0.308 e. The number of sulfonamides is 1. The van der Waals surface area contributed by atoms with Gasteiger partial charge in [-0.2, -0.15) is 4.31 Å². The number of nitrogens with zero attached hydrogens (tertiary/aromatic N) is 3. The number of rotatable bonds is 5. The van der Waals surface area contributed by atoms with Gasteiger partial charge in [0.25, 0.3) is 0 Å². The Kier molecular flexibility index (Phi) is 4.59. The highest BCUT2D eigenvalue weighted by Gasteiger charge is 2.35. The molecule has 1 aliphatic rings. The van der Waals surface area contributed by atoms with Crippen LogP contribution < -0.4 is 11.3 Å². The lowest BCUT2D eigenvalue weighted by molar-refractivity contribution is 0.291. The zero-order valence-electron chi connectivity index (χ0n) is 11.8. The Bertz CT molecular complexity index is 561. The normalized spacial score (nSPS) is 20.5. The highest BCUT2D eigenvalue weighted by Crippen LogP contribution is 2.26. The summed E-state index contributed by atoms with van der Waals surface area (Å²) in [4.78, 5) is 6.18. The lowest BCUT2D eigenvalue weighted by Gasteiger charge is -2.26. The molecule has 0 radical (unpaired) electrons. The largest absolute Gasteiger partial charge is 0.308 e. The second-order valence-corrected chi connectivity index (χ2v) is 7.09. The van der Waals surface area contributed by atoms with E-state index in [9.17, 15) is 8.42 Å². The number of nitrogen functional groups attached to an aromatic ring is 1. The SMILES string of the molecule is CN(C)CC1CCCN1S(=O)(=O)c1ccnc(NN)c1. The van der Waals surface area contributed by atoms with Crippen molar-refractivity contribution in [1.29, 1.82) is 0 Å². The highest BCUT2D eigenvalue weighted by molar-refractivity contribution is 7.89. The van der Waals surface area contributed by atoms with Crippen LogP contribution in [-0.2, 0) is 10.0 Å². The Hall–Kier alpha value is -1.22. The predicted octanol–water partition coefficient (Wildman–Crippen LogP) is 0.0819. The van der Waals surface area contributed by atoms with Crippen molar-refractivity contribution in [3.63, 3.8) is 0 Å². The third-order valence-corrected chi connectivity index (χ3v) is 5.33. The maximum Gasteiger partial charge on any atom is 0.243 e. The fourth-order valence-electron chi connectivity index (χ4n) is 2.52. The van der Waals surface area contributed by atoms with Crippen LogP contribution in [0, 0.1) is 0 Å². The number of likely N-dealkylation sites (N-methyl/N-ethyl adjacent to an activating group) is 1. The third kappa shape index (κ3) is 3.09. The molecule has 1 saturated heterocycles. The van der Waals surface area contributed by atoms with E-state index in [4.69, 9.17) is 5.84 Å². The van der Waals surface area contributed by atoms with E-state index in [0.717, 1.165) is 19.4 Å². The van der Waals surface area contributed by atoms with Crippen molar-refractivity contribution in [3.05, 3.63) is 18.3 Å². The van der Waals surface area contributed by atoms with Crippen LogP contribution in [-0.4, -0.2) is 55.8 Å². The Balaban J connectivity index is 2.28. The van der Waals surface area contributed by atoms with Crippen LogP contribution in [0.25, 0.3) is 0 Å². The molecule has 20 heavy (non-hydrogen) atoms. The molecular formula is C12H21N5O2S. The van der Waals surface area contributed by atoms with Crippen LogP contribution in [0.3, 0.4) is 0 Å². The minimum absolute atomic E-state index is 0.0254. The van der Waals surface area contributed by atoms with Crippen molar-refractivity contribution in [3.8, 4) is 0 Å². The van der Waals surface area contributed by atoms with Crippen LogP contribution >= 0.6 is 0 Å². The molecular weight excluding hydrogens is 278 g/mol. The fourth-order valence-corrected chi connectivity index (χ4v) is 4.21. The highest BCUT2D eigenvalue weighted by atomic mass is 32.2. The lowest BCUT2D eigenvalue weighted by atomic mass is 10.2. The summed E-state index contributed by atoms with van der Waals surface area (Å²) in [6.45, 7) is 1.29. The molecule has 0 spiro atoms. The molecule has 2 heterocycles. The summed E-state index contributed by atoms with van der Waals surface area (Å²) in [5.74, 6) is 5.62. The van der Waals surface area contributed by atoms with Gasteiger partial charge >= 0.3 is 0 Å². The summed E-state index contributed by atoms with van der Waals surface area (Å²) in [5, 5.41) is 0. The van der Waals surface area contributed by atoms with Crippen LogP contribution in [0.1, 0.15) is 12.8 Å². The summed E-state index contributed by atoms with van der Waals surface area (Å²) in [6.07, 6.45) is 3.23. The summed E-state index contributed by atoms with van der Waals surface area (Å²) >= 11 is 0. The molecule has 1 aliphatic heterocycles. The molecule has 0 aliphatic carbocycles. The standard InChI is InChI=1S/C12H21N5O2S/c1-16(2)9-10-4-3-7-17(10)20(18,19)11-5-6-14-12(8-11)15-13/h5-6,8,10H,3-4,7,9,13H2,1-2H3,(H,14,15). The smallest absolute Gasteiger partial charge is 0.243 e. The van der Waals surface area contributed by atoms with E-state index in [-0.39, 0.29) is 10.9 Å². The zero-order valence-corrected chi connectivity index (χ0v) is 12.6. The van der Waals surface area contributed by atoms with Gasteiger partial charge < -0.3 is 10.3 Å². The van der Waals surface area contributed by atoms with E-state index >= 15 is 0 Å². The maximum atomic E-state index is 12.7. The Labute approximate surface area is 119 Å². The second kappa shape index (κ2) is 6.04. The van der Waals surface area contributed by atoms with E-state index in [1.807, 2.05) is 19.0 Å². The van der Waals surface area contributed by atoms with Crippen molar-refractivity contribution in [2.24, 2.45) is 5.84 Å². The fraction of sp³-hybridized carbons (Fsp3) is 0.583. The predicted molar refractivity (Wildman–Crippen MR) is 77.5 cm³/mol. The van der Waals surface area contributed by atoms with Gasteiger partial charge in [0.2, 0.25) is 10.0 Å². The van der Waals surface area contributed by atoms with Gasteiger partial charge in [-0.05, 0) is 33.0 Å². The molecule has 7 nitrogen and oxygen atoms in total. The molecule has 0 aromatic carbocycles. The van der Waals surface area contributed by atoms with E-state index < -0.39 is 10.0 Å². The van der Waals surface area contributed by atoms with Gasteiger partial charge in [-0.25, -0.2) is 19.2 Å². The molecule has 0 amide bonds. The zero-order chi connectivity index (χ0) is 14.8. The van der Waals surface area contributed by atoms with Gasteiger partial charge in [0, 0.05) is 31.4 Å². The van der Waals surface area contributed by atoms with Crippen molar-refractivity contribution < 1.29 is 8.42 Å². The van der Waals surface area contributed by atoms with Crippen LogP contribution in [0.5, 0.6) is 0 Å². The van der Waals surface area contributed by atoms with Crippen molar-refractivity contribution >= 4 is 15.8 Å². The number of anilines is 1. The monoisotopic (exact) mass is 299 g/mol. The van der Waals surface area contributed by atoms with Crippen LogP contribution in [0.2, 0.25) is 0 Å².